The number of Topliss-reactive ketones (excluding diaryl/α,β-unsaturated/α-hetero) is 1. The first-order valence-corrected chi connectivity index (χ1v) is 6.08. The minimum atomic E-state index is -0.887. The average Bonchev–Trinajstić information content (AvgIpc) is 2.31. The van der Waals surface area contributed by atoms with E-state index in [2.05, 4.69) is 0 Å². The van der Waals surface area contributed by atoms with Gasteiger partial charge in [0.15, 0.2) is 0 Å². The Kier molecular flexibility index (Phi) is 5.92. The third kappa shape index (κ3) is 3.96. The molecule has 0 fully saturated rings. The van der Waals surface area contributed by atoms with E-state index in [9.17, 15) is 4.79 Å². The Balaban J connectivity index is 2.88. The van der Waals surface area contributed by atoms with Crippen LogP contribution in [0.25, 0.3) is 0 Å². The van der Waals surface area contributed by atoms with Crippen molar-refractivity contribution in [3.63, 3.8) is 0 Å². The maximum absolute atomic E-state index is 12.0. The average molecular weight is 277 g/mol. The minimum Gasteiger partial charge on any atom is -0.346 e. The van der Waals surface area contributed by atoms with Crippen molar-refractivity contribution >= 4 is 29.0 Å². The van der Waals surface area contributed by atoms with Crippen LogP contribution in [0.4, 0.5) is 0 Å². The van der Waals surface area contributed by atoms with Gasteiger partial charge in [0.2, 0.25) is 12.1 Å². The van der Waals surface area contributed by atoms with Crippen molar-refractivity contribution in [1.29, 1.82) is 0 Å². The van der Waals surface area contributed by atoms with Gasteiger partial charge < -0.3 is 9.47 Å². The molecule has 1 aromatic rings. The maximum atomic E-state index is 12.0. The Labute approximate surface area is 111 Å². The third-order valence-electron chi connectivity index (χ3n) is 2.05. The third-order valence-corrected chi connectivity index (χ3v) is 2.79. The number of halogens is 2. The molecule has 0 aliphatic carbocycles. The molecule has 0 amide bonds. The summed E-state index contributed by atoms with van der Waals surface area (Å²) in [5.41, 5.74) is 0.423. The molecule has 0 aliphatic rings. The van der Waals surface area contributed by atoms with Crippen LogP contribution in [0.15, 0.2) is 18.2 Å². The number of hydrogen-bond acceptors (Lipinski definition) is 3. The molecule has 1 aromatic carbocycles. The van der Waals surface area contributed by atoms with Crippen molar-refractivity contribution in [3.8, 4) is 0 Å². The van der Waals surface area contributed by atoms with E-state index >= 15 is 0 Å². The summed E-state index contributed by atoms with van der Waals surface area (Å²) < 4.78 is 10.4. The standard InChI is InChI=1S/C12H14Cl2O3/c1-3-16-12(17-4-2)11(15)8-5-6-9(13)10(14)7-8/h5-7,12H,3-4H2,1-2H3. The van der Waals surface area contributed by atoms with Crippen molar-refractivity contribution in [2.75, 3.05) is 13.2 Å². The quantitative estimate of drug-likeness (QED) is 0.589. The van der Waals surface area contributed by atoms with Crippen molar-refractivity contribution in [2.24, 2.45) is 0 Å². The Morgan fingerprint density at radius 3 is 2.24 bits per heavy atom. The molecule has 0 spiro atoms. The summed E-state index contributed by atoms with van der Waals surface area (Å²) in [6, 6.07) is 4.69. The molecule has 0 radical (unpaired) electrons. The van der Waals surface area contributed by atoms with Gasteiger partial charge in [-0.25, -0.2) is 0 Å². The Morgan fingerprint density at radius 1 is 1.18 bits per heavy atom. The molecule has 0 unspecified atom stereocenters. The van der Waals surface area contributed by atoms with Gasteiger partial charge in [-0.1, -0.05) is 23.2 Å². The first-order chi connectivity index (χ1) is 8.10. The summed E-state index contributed by atoms with van der Waals surface area (Å²) >= 11 is 11.6. The second-order valence-electron chi connectivity index (χ2n) is 3.24. The zero-order chi connectivity index (χ0) is 12.8. The van der Waals surface area contributed by atoms with E-state index in [-0.39, 0.29) is 5.78 Å². The lowest BCUT2D eigenvalue weighted by Crippen LogP contribution is -2.27. The fourth-order valence-electron chi connectivity index (χ4n) is 1.29. The number of rotatable bonds is 6. The minimum absolute atomic E-state index is 0.257. The lowest BCUT2D eigenvalue weighted by Gasteiger charge is -2.15. The van der Waals surface area contributed by atoms with E-state index in [0.717, 1.165) is 0 Å². The van der Waals surface area contributed by atoms with E-state index in [1.807, 2.05) is 0 Å². The van der Waals surface area contributed by atoms with Crippen LogP contribution in [-0.2, 0) is 9.47 Å². The topological polar surface area (TPSA) is 35.5 Å². The van der Waals surface area contributed by atoms with Gasteiger partial charge in [0.1, 0.15) is 0 Å². The second-order valence-corrected chi connectivity index (χ2v) is 4.05. The molecular formula is C12H14Cl2O3. The fourth-order valence-corrected chi connectivity index (χ4v) is 1.59. The summed E-state index contributed by atoms with van der Waals surface area (Å²) in [7, 11) is 0. The molecule has 0 aliphatic heterocycles. The van der Waals surface area contributed by atoms with Crippen molar-refractivity contribution in [3.05, 3.63) is 33.8 Å². The molecule has 5 heteroatoms. The molecule has 0 aromatic heterocycles. The zero-order valence-electron chi connectivity index (χ0n) is 9.70. The molecule has 94 valence electrons. The number of carbonyl (C=O) groups excluding carboxylic acids is 1. The number of carbonyl (C=O) groups is 1. The predicted molar refractivity (Wildman–Crippen MR) is 67.8 cm³/mol. The summed E-state index contributed by atoms with van der Waals surface area (Å²) in [4.78, 5) is 12.0. The van der Waals surface area contributed by atoms with Gasteiger partial charge in [0.25, 0.3) is 0 Å². The Morgan fingerprint density at radius 2 is 1.76 bits per heavy atom. The van der Waals surface area contributed by atoms with E-state index < -0.39 is 6.29 Å². The van der Waals surface area contributed by atoms with Gasteiger partial charge in [-0.15, -0.1) is 0 Å². The first-order valence-electron chi connectivity index (χ1n) is 5.32. The van der Waals surface area contributed by atoms with Crippen LogP contribution in [0, 0.1) is 0 Å². The van der Waals surface area contributed by atoms with Crippen molar-refractivity contribution in [1.82, 2.24) is 0 Å². The number of ether oxygens (including phenoxy) is 2. The number of hydrogen-bond donors (Lipinski definition) is 0. The molecular weight excluding hydrogens is 263 g/mol. The van der Waals surface area contributed by atoms with E-state index in [0.29, 0.717) is 28.8 Å². The molecule has 17 heavy (non-hydrogen) atoms. The van der Waals surface area contributed by atoms with Gasteiger partial charge in [-0.05, 0) is 32.0 Å². The van der Waals surface area contributed by atoms with E-state index in [1.54, 1.807) is 26.0 Å². The highest BCUT2D eigenvalue weighted by atomic mass is 35.5. The van der Waals surface area contributed by atoms with Crippen molar-refractivity contribution in [2.45, 2.75) is 20.1 Å². The maximum Gasteiger partial charge on any atom is 0.222 e. The summed E-state index contributed by atoms with van der Waals surface area (Å²) in [5, 5.41) is 0.747. The van der Waals surface area contributed by atoms with Crippen LogP contribution in [0.5, 0.6) is 0 Å². The summed E-state index contributed by atoms with van der Waals surface area (Å²) in [5.74, 6) is -0.257. The highest BCUT2D eigenvalue weighted by Crippen LogP contribution is 2.23. The van der Waals surface area contributed by atoms with Crippen LogP contribution in [0.2, 0.25) is 10.0 Å². The molecule has 0 atom stereocenters. The normalized spacial score (nSPS) is 10.9. The largest absolute Gasteiger partial charge is 0.346 e. The highest BCUT2D eigenvalue weighted by molar-refractivity contribution is 6.42. The number of benzene rings is 1. The number of ketones is 1. The van der Waals surface area contributed by atoms with Crippen molar-refractivity contribution < 1.29 is 14.3 Å². The molecule has 3 nitrogen and oxygen atoms in total. The van der Waals surface area contributed by atoms with E-state index in [1.165, 1.54) is 6.07 Å². The van der Waals surface area contributed by atoms with Crippen LogP contribution >= 0.6 is 23.2 Å². The Hall–Kier alpha value is -0.610. The fraction of sp³-hybridized carbons (Fsp3) is 0.417. The van der Waals surface area contributed by atoms with Gasteiger partial charge in [-0.3, -0.25) is 4.79 Å². The van der Waals surface area contributed by atoms with Gasteiger partial charge in [-0.2, -0.15) is 0 Å². The first kappa shape index (κ1) is 14.5. The predicted octanol–water partition coefficient (Wildman–Crippen LogP) is 3.58. The van der Waals surface area contributed by atoms with Gasteiger partial charge >= 0.3 is 0 Å². The molecule has 0 N–H and O–H groups in total. The highest BCUT2D eigenvalue weighted by Gasteiger charge is 2.21. The molecule has 0 heterocycles. The summed E-state index contributed by atoms with van der Waals surface area (Å²) in [6.07, 6.45) is -0.887. The molecule has 0 saturated carbocycles. The van der Waals surface area contributed by atoms with Crippen LogP contribution in [0.3, 0.4) is 0 Å². The zero-order valence-corrected chi connectivity index (χ0v) is 11.2. The molecule has 1 rings (SSSR count). The monoisotopic (exact) mass is 276 g/mol. The second kappa shape index (κ2) is 6.97. The van der Waals surface area contributed by atoms with Crippen LogP contribution in [0.1, 0.15) is 24.2 Å². The molecule has 0 saturated heterocycles. The lowest BCUT2D eigenvalue weighted by molar-refractivity contribution is -0.107. The van der Waals surface area contributed by atoms with Gasteiger partial charge in [0.05, 0.1) is 10.0 Å². The SMILES string of the molecule is CCOC(OCC)C(=O)c1ccc(Cl)c(Cl)c1. The Bertz CT molecular complexity index is 387. The van der Waals surface area contributed by atoms with Crippen LogP contribution in [-0.4, -0.2) is 25.3 Å². The van der Waals surface area contributed by atoms with Crippen LogP contribution < -0.4 is 0 Å². The smallest absolute Gasteiger partial charge is 0.222 e. The molecule has 0 bridgehead atoms. The van der Waals surface area contributed by atoms with Gasteiger partial charge in [0, 0.05) is 18.8 Å². The van der Waals surface area contributed by atoms with E-state index in [4.69, 9.17) is 32.7 Å². The lowest BCUT2D eigenvalue weighted by atomic mass is 10.1. The summed E-state index contributed by atoms with van der Waals surface area (Å²) in [6.45, 7) is 4.40.